The topological polar surface area (TPSA) is 28.7 Å². The average molecular weight is 241 g/mol. The van der Waals surface area contributed by atoms with Crippen LogP contribution in [0.5, 0.6) is 0 Å². The van der Waals surface area contributed by atoms with Crippen molar-refractivity contribution in [3.05, 3.63) is 33.4 Å². The molecule has 4 heteroatoms. The molecule has 0 saturated carbocycles. The van der Waals surface area contributed by atoms with Gasteiger partial charge in [0.1, 0.15) is 0 Å². The lowest BCUT2D eigenvalue weighted by molar-refractivity contribution is 1.07. The van der Waals surface area contributed by atoms with Crippen LogP contribution < -0.4 is 0 Å². The number of para-hydroxylation sites is 1. The van der Waals surface area contributed by atoms with E-state index in [2.05, 4.69) is 26.1 Å². The largest absolute Gasteiger partial charge is 0.277 e. The van der Waals surface area contributed by atoms with Crippen LogP contribution in [-0.4, -0.2) is 10.2 Å². The number of hydrogen-bond acceptors (Lipinski definition) is 2. The summed E-state index contributed by atoms with van der Waals surface area (Å²) in [6.45, 7) is 0. The van der Waals surface area contributed by atoms with Gasteiger partial charge in [-0.15, -0.1) is 0 Å². The Morgan fingerprint density at radius 1 is 1.42 bits per heavy atom. The van der Waals surface area contributed by atoms with Crippen molar-refractivity contribution in [3.8, 4) is 0 Å². The molecule has 1 aromatic carbocycles. The molecule has 2 nitrogen and oxygen atoms in total. The van der Waals surface area contributed by atoms with Crippen LogP contribution in [0, 0.1) is 4.51 Å². The van der Waals surface area contributed by atoms with Gasteiger partial charge >= 0.3 is 0 Å². The summed E-state index contributed by atoms with van der Waals surface area (Å²) in [5, 5.41) is 7.83. The Morgan fingerprint density at radius 2 is 2.25 bits per heavy atom. The van der Waals surface area contributed by atoms with E-state index in [9.17, 15) is 0 Å². The predicted molar refractivity (Wildman–Crippen MR) is 54.6 cm³/mol. The van der Waals surface area contributed by atoms with Crippen LogP contribution in [0.25, 0.3) is 10.9 Å². The summed E-state index contributed by atoms with van der Waals surface area (Å²) in [6, 6.07) is 5.88. The van der Waals surface area contributed by atoms with Crippen molar-refractivity contribution >= 4 is 39.1 Å². The van der Waals surface area contributed by atoms with E-state index in [0.717, 1.165) is 19.9 Å². The SMILES string of the molecule is S=c1cn[nH]c2c(Br)cccc12. The fourth-order valence-corrected chi connectivity index (χ4v) is 1.75. The highest BCUT2D eigenvalue weighted by atomic mass is 79.9. The monoisotopic (exact) mass is 240 g/mol. The Kier molecular flexibility index (Phi) is 1.94. The quantitative estimate of drug-likeness (QED) is 0.718. The third kappa shape index (κ3) is 1.17. The number of hydrogen-bond donors (Lipinski definition) is 1. The lowest BCUT2D eigenvalue weighted by Gasteiger charge is -1.98. The minimum Gasteiger partial charge on any atom is -0.277 e. The number of halogens is 1. The molecule has 0 aliphatic rings. The molecule has 2 rings (SSSR count). The van der Waals surface area contributed by atoms with Gasteiger partial charge in [-0.1, -0.05) is 24.4 Å². The van der Waals surface area contributed by atoms with Gasteiger partial charge in [0.2, 0.25) is 0 Å². The van der Waals surface area contributed by atoms with Gasteiger partial charge in [-0.25, -0.2) is 0 Å². The Labute approximate surface area is 82.7 Å². The van der Waals surface area contributed by atoms with E-state index in [1.807, 2.05) is 18.2 Å². The van der Waals surface area contributed by atoms with Crippen molar-refractivity contribution in [3.63, 3.8) is 0 Å². The summed E-state index contributed by atoms with van der Waals surface area (Å²) >= 11 is 8.52. The highest BCUT2D eigenvalue weighted by Gasteiger charge is 1.97. The number of nitrogens with one attached hydrogen (secondary N) is 1. The van der Waals surface area contributed by atoms with E-state index in [-0.39, 0.29) is 0 Å². The van der Waals surface area contributed by atoms with Crippen molar-refractivity contribution < 1.29 is 0 Å². The van der Waals surface area contributed by atoms with Crippen LogP contribution in [0.4, 0.5) is 0 Å². The molecule has 60 valence electrons. The van der Waals surface area contributed by atoms with Gasteiger partial charge in [-0.05, 0) is 22.0 Å². The van der Waals surface area contributed by atoms with Crippen LogP contribution in [0.1, 0.15) is 0 Å². The molecule has 1 heterocycles. The molecule has 0 aliphatic carbocycles. The number of fused-ring (bicyclic) bond motifs is 1. The second-order valence-electron chi connectivity index (χ2n) is 2.40. The number of rotatable bonds is 0. The van der Waals surface area contributed by atoms with E-state index < -0.39 is 0 Å². The maximum Gasteiger partial charge on any atom is 0.0791 e. The lowest BCUT2D eigenvalue weighted by Crippen LogP contribution is -1.84. The Hall–Kier alpha value is -0.740. The molecule has 0 radical (unpaired) electrons. The molecule has 1 aromatic heterocycles. The minimum absolute atomic E-state index is 0.769. The molecule has 0 atom stereocenters. The molecule has 12 heavy (non-hydrogen) atoms. The van der Waals surface area contributed by atoms with Crippen LogP contribution in [0.3, 0.4) is 0 Å². The highest BCUT2D eigenvalue weighted by molar-refractivity contribution is 9.10. The summed E-state index contributed by atoms with van der Waals surface area (Å²) in [5.41, 5.74) is 0.949. The summed E-state index contributed by atoms with van der Waals surface area (Å²) in [7, 11) is 0. The van der Waals surface area contributed by atoms with Gasteiger partial charge in [0, 0.05) is 9.86 Å². The zero-order valence-electron chi connectivity index (χ0n) is 6.04. The summed E-state index contributed by atoms with van der Waals surface area (Å²) in [6.07, 6.45) is 1.64. The number of aromatic nitrogens is 2. The minimum atomic E-state index is 0.769. The third-order valence-electron chi connectivity index (χ3n) is 1.64. The number of nitrogens with zero attached hydrogens (tertiary/aromatic N) is 1. The first-order chi connectivity index (χ1) is 5.79. The van der Waals surface area contributed by atoms with E-state index in [0.29, 0.717) is 0 Å². The number of aromatic amines is 1. The smallest absolute Gasteiger partial charge is 0.0791 e. The van der Waals surface area contributed by atoms with Crippen LogP contribution in [0.2, 0.25) is 0 Å². The molecular weight excluding hydrogens is 236 g/mol. The van der Waals surface area contributed by atoms with Crippen molar-refractivity contribution in [2.75, 3.05) is 0 Å². The van der Waals surface area contributed by atoms with Crippen molar-refractivity contribution in [1.82, 2.24) is 10.2 Å². The molecular formula is C8H5BrN2S. The standard InChI is InChI=1S/C8H5BrN2S/c9-6-3-1-2-5-7(12)4-10-11-8(5)6/h1-4H,(H,11,12). The van der Waals surface area contributed by atoms with Gasteiger partial charge in [0.15, 0.2) is 0 Å². The van der Waals surface area contributed by atoms with Gasteiger partial charge in [-0.2, -0.15) is 5.10 Å². The average Bonchev–Trinajstić information content (AvgIpc) is 2.07. The Balaban J connectivity index is 3.05. The Bertz CT molecular complexity index is 478. The second kappa shape index (κ2) is 2.95. The van der Waals surface area contributed by atoms with E-state index >= 15 is 0 Å². The first kappa shape index (κ1) is 7.89. The molecule has 0 unspecified atom stereocenters. The molecule has 0 saturated heterocycles. The van der Waals surface area contributed by atoms with Crippen LogP contribution >= 0.6 is 28.1 Å². The zero-order valence-corrected chi connectivity index (χ0v) is 8.45. The molecule has 2 aromatic rings. The zero-order chi connectivity index (χ0) is 8.55. The highest BCUT2D eigenvalue weighted by Crippen LogP contribution is 2.20. The number of H-pyrrole nitrogens is 1. The molecule has 0 fully saturated rings. The van der Waals surface area contributed by atoms with Gasteiger partial charge < -0.3 is 0 Å². The van der Waals surface area contributed by atoms with Gasteiger partial charge in [0.25, 0.3) is 0 Å². The lowest BCUT2D eigenvalue weighted by atomic mass is 10.2. The van der Waals surface area contributed by atoms with E-state index in [1.54, 1.807) is 6.20 Å². The third-order valence-corrected chi connectivity index (χ3v) is 2.62. The van der Waals surface area contributed by atoms with E-state index in [4.69, 9.17) is 12.2 Å². The van der Waals surface area contributed by atoms with Crippen molar-refractivity contribution in [2.24, 2.45) is 0 Å². The van der Waals surface area contributed by atoms with Crippen LogP contribution in [-0.2, 0) is 0 Å². The molecule has 0 aliphatic heterocycles. The fourth-order valence-electron chi connectivity index (χ4n) is 1.07. The molecule has 0 amide bonds. The summed E-state index contributed by atoms with van der Waals surface area (Å²) in [5.74, 6) is 0. The fraction of sp³-hybridized carbons (Fsp3) is 0. The van der Waals surface area contributed by atoms with Gasteiger partial charge in [0.05, 0.1) is 16.2 Å². The maximum atomic E-state index is 5.11. The normalized spacial score (nSPS) is 10.4. The Morgan fingerprint density at radius 3 is 3.00 bits per heavy atom. The van der Waals surface area contributed by atoms with Crippen molar-refractivity contribution in [1.29, 1.82) is 0 Å². The first-order valence-corrected chi connectivity index (χ1v) is 4.61. The molecule has 0 bridgehead atoms. The first-order valence-electron chi connectivity index (χ1n) is 3.41. The summed E-state index contributed by atoms with van der Waals surface area (Å²) < 4.78 is 1.75. The predicted octanol–water partition coefficient (Wildman–Crippen LogP) is 3.05. The number of benzene rings is 1. The van der Waals surface area contributed by atoms with Crippen LogP contribution in [0.15, 0.2) is 28.9 Å². The van der Waals surface area contributed by atoms with E-state index in [1.165, 1.54) is 0 Å². The maximum absolute atomic E-state index is 5.11. The molecule has 0 spiro atoms. The van der Waals surface area contributed by atoms with Gasteiger partial charge in [-0.3, -0.25) is 5.10 Å². The summed E-state index contributed by atoms with van der Waals surface area (Å²) in [4.78, 5) is 0. The van der Waals surface area contributed by atoms with Crippen molar-refractivity contribution in [2.45, 2.75) is 0 Å². The molecule has 1 N–H and O–H groups in total. The second-order valence-corrected chi connectivity index (χ2v) is 3.69.